The number of esters is 1. The van der Waals surface area contributed by atoms with Crippen molar-refractivity contribution in [3.8, 4) is 11.1 Å². The summed E-state index contributed by atoms with van der Waals surface area (Å²) in [6, 6.07) is 8.77. The first-order valence-electron chi connectivity index (χ1n) is 11.7. The van der Waals surface area contributed by atoms with Crippen LogP contribution in [0.1, 0.15) is 44.2 Å². The zero-order valence-electron chi connectivity index (χ0n) is 18.7. The third-order valence-electron chi connectivity index (χ3n) is 6.87. The predicted octanol–water partition coefficient (Wildman–Crippen LogP) is 3.83. The summed E-state index contributed by atoms with van der Waals surface area (Å²) in [7, 11) is 0. The summed E-state index contributed by atoms with van der Waals surface area (Å²) in [4.78, 5) is 23.2. The first-order valence-corrected chi connectivity index (χ1v) is 11.7. The van der Waals surface area contributed by atoms with Crippen molar-refractivity contribution in [2.24, 2.45) is 5.92 Å². The molecule has 0 atom stereocenters. The molecule has 2 fully saturated rings. The number of nitrogen functional groups attached to an aromatic ring is 1. The van der Waals surface area contributed by atoms with Gasteiger partial charge in [-0.1, -0.05) is 24.3 Å². The Morgan fingerprint density at radius 1 is 1.25 bits per heavy atom. The van der Waals surface area contributed by atoms with Gasteiger partial charge >= 0.3 is 5.97 Å². The second-order valence-corrected chi connectivity index (χ2v) is 9.06. The first-order chi connectivity index (χ1) is 15.6. The van der Waals surface area contributed by atoms with E-state index in [1.807, 2.05) is 19.1 Å². The van der Waals surface area contributed by atoms with Crippen molar-refractivity contribution in [3.05, 3.63) is 42.4 Å². The Bertz CT molecular complexity index is 1110. The van der Waals surface area contributed by atoms with Crippen LogP contribution < -0.4 is 5.73 Å². The van der Waals surface area contributed by atoms with Gasteiger partial charge in [-0.15, -0.1) is 0 Å². The van der Waals surface area contributed by atoms with Gasteiger partial charge in [0.15, 0.2) is 0 Å². The van der Waals surface area contributed by atoms with Gasteiger partial charge in [0.1, 0.15) is 17.8 Å². The topological polar surface area (TPSA) is 86.3 Å². The molecule has 1 aromatic carbocycles. The lowest BCUT2D eigenvalue weighted by Gasteiger charge is -2.42. The number of carbonyl (C=O) groups excluding carboxylic acids is 1. The van der Waals surface area contributed by atoms with Crippen molar-refractivity contribution in [3.63, 3.8) is 0 Å². The maximum Gasteiger partial charge on any atom is 0.306 e. The minimum absolute atomic E-state index is 0.162. The number of benzene rings is 1. The average molecular weight is 434 g/mol. The molecular formula is C25H31N5O2. The van der Waals surface area contributed by atoms with E-state index >= 15 is 0 Å². The van der Waals surface area contributed by atoms with Crippen LogP contribution in [0.25, 0.3) is 22.2 Å². The van der Waals surface area contributed by atoms with Crippen molar-refractivity contribution in [1.29, 1.82) is 0 Å². The van der Waals surface area contributed by atoms with Gasteiger partial charge in [-0.3, -0.25) is 4.79 Å². The van der Waals surface area contributed by atoms with Crippen molar-refractivity contribution >= 4 is 22.8 Å². The molecule has 3 aromatic rings. The van der Waals surface area contributed by atoms with Gasteiger partial charge in [-0.05, 0) is 62.7 Å². The molecule has 0 amide bonds. The second kappa shape index (κ2) is 8.90. The van der Waals surface area contributed by atoms with Crippen LogP contribution in [0.5, 0.6) is 0 Å². The van der Waals surface area contributed by atoms with E-state index in [9.17, 15) is 4.79 Å². The van der Waals surface area contributed by atoms with E-state index in [4.69, 9.17) is 10.5 Å². The van der Waals surface area contributed by atoms with Gasteiger partial charge in [0.05, 0.1) is 12.0 Å². The van der Waals surface area contributed by atoms with E-state index < -0.39 is 0 Å². The minimum atomic E-state index is -0.162. The Kier molecular flexibility index (Phi) is 5.83. The van der Waals surface area contributed by atoms with E-state index in [2.05, 4.69) is 37.8 Å². The van der Waals surface area contributed by atoms with E-state index in [1.54, 1.807) is 6.33 Å². The number of aromatic nitrogens is 3. The van der Waals surface area contributed by atoms with E-state index in [1.165, 1.54) is 38.9 Å². The Balaban J connectivity index is 1.40. The van der Waals surface area contributed by atoms with Crippen LogP contribution in [0, 0.1) is 5.92 Å². The molecule has 1 aliphatic heterocycles. The summed E-state index contributed by atoms with van der Waals surface area (Å²) in [6.07, 6.45) is 8.50. The van der Waals surface area contributed by atoms with Crippen molar-refractivity contribution < 1.29 is 9.53 Å². The standard InChI is InChI=1S/C25H31N5O2/c1-2-32-22(31)8-7-17-5-3-6-19(11-17)21-15-30(25-23(21)24(26)27-16-28-25)20-12-18(13-20)14-29-9-4-10-29/h3,5-6,11,15-16,18,20H,2,4,7-10,12-14H2,1H3,(H2,26,27,28). The quantitative estimate of drug-likeness (QED) is 0.543. The SMILES string of the molecule is CCOC(=O)CCc1cccc(-c2cn(C3CC(CN4CCC4)C3)c3ncnc(N)c23)c1. The van der Waals surface area contributed by atoms with Crippen LogP contribution in [0.4, 0.5) is 5.82 Å². The molecule has 1 saturated carbocycles. The van der Waals surface area contributed by atoms with Crippen LogP contribution in [-0.2, 0) is 16.0 Å². The highest BCUT2D eigenvalue weighted by atomic mass is 16.5. The number of aryl methyl sites for hydroxylation is 1. The van der Waals surface area contributed by atoms with Crippen LogP contribution in [0.2, 0.25) is 0 Å². The molecule has 168 valence electrons. The van der Waals surface area contributed by atoms with Gasteiger partial charge in [-0.25, -0.2) is 9.97 Å². The highest BCUT2D eigenvalue weighted by Gasteiger charge is 2.34. The van der Waals surface area contributed by atoms with Crippen LogP contribution in [-0.4, -0.2) is 51.6 Å². The highest BCUT2D eigenvalue weighted by molar-refractivity contribution is 6.00. The van der Waals surface area contributed by atoms with Gasteiger partial charge in [0, 0.05) is 30.8 Å². The highest BCUT2D eigenvalue weighted by Crippen LogP contribution is 2.43. The third-order valence-corrected chi connectivity index (χ3v) is 6.87. The Labute approximate surface area is 188 Å². The fraction of sp³-hybridized carbons (Fsp3) is 0.480. The predicted molar refractivity (Wildman–Crippen MR) is 125 cm³/mol. The number of likely N-dealkylation sites (tertiary alicyclic amines) is 1. The molecule has 5 rings (SSSR count). The number of fused-ring (bicyclic) bond motifs is 1. The molecule has 0 radical (unpaired) electrons. The number of hydrogen-bond donors (Lipinski definition) is 1. The van der Waals surface area contributed by atoms with Gasteiger partial charge in [0.2, 0.25) is 0 Å². The van der Waals surface area contributed by atoms with Gasteiger partial charge in [0.25, 0.3) is 0 Å². The van der Waals surface area contributed by atoms with Crippen LogP contribution >= 0.6 is 0 Å². The molecule has 0 unspecified atom stereocenters. The molecule has 0 spiro atoms. The Morgan fingerprint density at radius 2 is 2.09 bits per heavy atom. The summed E-state index contributed by atoms with van der Waals surface area (Å²) >= 11 is 0. The Hall–Kier alpha value is -2.93. The average Bonchev–Trinajstić information content (AvgIpc) is 3.11. The smallest absolute Gasteiger partial charge is 0.306 e. The first kappa shape index (κ1) is 20.9. The molecule has 3 heterocycles. The zero-order chi connectivity index (χ0) is 22.1. The van der Waals surface area contributed by atoms with Crippen molar-refractivity contribution in [1.82, 2.24) is 19.4 Å². The molecule has 1 aliphatic carbocycles. The monoisotopic (exact) mass is 433 g/mol. The fourth-order valence-corrected chi connectivity index (χ4v) is 4.99. The maximum atomic E-state index is 11.8. The number of carbonyl (C=O) groups is 1. The molecule has 2 aliphatic rings. The fourth-order valence-electron chi connectivity index (χ4n) is 4.99. The lowest BCUT2D eigenvalue weighted by Crippen LogP contribution is -2.43. The number of nitrogens with zero attached hydrogens (tertiary/aromatic N) is 4. The lowest BCUT2D eigenvalue weighted by molar-refractivity contribution is -0.143. The molecule has 32 heavy (non-hydrogen) atoms. The van der Waals surface area contributed by atoms with E-state index in [0.29, 0.717) is 31.3 Å². The molecule has 1 saturated heterocycles. The molecule has 2 N–H and O–H groups in total. The summed E-state index contributed by atoms with van der Waals surface area (Å²) in [5.41, 5.74) is 10.5. The minimum Gasteiger partial charge on any atom is -0.466 e. The van der Waals surface area contributed by atoms with Crippen molar-refractivity contribution in [2.45, 2.75) is 45.1 Å². The molecule has 7 nitrogen and oxygen atoms in total. The second-order valence-electron chi connectivity index (χ2n) is 9.06. The van der Waals surface area contributed by atoms with E-state index in [0.717, 1.165) is 33.6 Å². The Morgan fingerprint density at radius 3 is 2.84 bits per heavy atom. The molecule has 0 bridgehead atoms. The summed E-state index contributed by atoms with van der Waals surface area (Å²) in [6.45, 7) is 5.98. The number of rotatable bonds is 8. The number of anilines is 1. The molecule has 7 heteroatoms. The third kappa shape index (κ3) is 4.09. The van der Waals surface area contributed by atoms with Crippen LogP contribution in [0.15, 0.2) is 36.8 Å². The van der Waals surface area contributed by atoms with Crippen LogP contribution in [0.3, 0.4) is 0 Å². The molecule has 2 aromatic heterocycles. The number of ether oxygens (including phenoxy) is 1. The summed E-state index contributed by atoms with van der Waals surface area (Å²) in [5, 5.41) is 0.918. The maximum absolute atomic E-state index is 11.8. The van der Waals surface area contributed by atoms with E-state index in [-0.39, 0.29) is 5.97 Å². The zero-order valence-corrected chi connectivity index (χ0v) is 18.7. The van der Waals surface area contributed by atoms with Gasteiger partial charge in [-0.2, -0.15) is 0 Å². The lowest BCUT2D eigenvalue weighted by atomic mass is 9.79. The van der Waals surface area contributed by atoms with Gasteiger partial charge < -0.3 is 19.9 Å². The normalized spacial score (nSPS) is 20.7. The number of hydrogen-bond acceptors (Lipinski definition) is 6. The van der Waals surface area contributed by atoms with Crippen molar-refractivity contribution in [2.75, 3.05) is 32.0 Å². The largest absolute Gasteiger partial charge is 0.466 e. The molecular weight excluding hydrogens is 402 g/mol. The summed E-state index contributed by atoms with van der Waals surface area (Å²) in [5.74, 6) is 1.12. The number of nitrogens with two attached hydrogens (primary N) is 1. The summed E-state index contributed by atoms with van der Waals surface area (Å²) < 4.78 is 7.37.